The largest absolute Gasteiger partial charge is 0.426 e. The van der Waals surface area contributed by atoms with E-state index in [1.807, 2.05) is 12.1 Å². The van der Waals surface area contributed by atoms with Gasteiger partial charge in [0.05, 0.1) is 5.92 Å². The Hall–Kier alpha value is -1.31. The van der Waals surface area contributed by atoms with Crippen LogP contribution in [0.5, 0.6) is 5.75 Å². The highest BCUT2D eigenvalue weighted by molar-refractivity contribution is 5.75. The standard InChI is InChI=1S/C22H34O2/c1-4-6-7-9-18-10-13-20(14-11-18)24-22(23)21-15-12-19(8-5-2)16-17(21)3/h10-11,13-14,17,19,21H,4-9,12,15-16H2,1-3H3/t17-,19+,21-/m1/s1. The summed E-state index contributed by atoms with van der Waals surface area (Å²) in [6, 6.07) is 8.10. The number of benzene rings is 1. The maximum absolute atomic E-state index is 12.5. The van der Waals surface area contributed by atoms with E-state index in [4.69, 9.17) is 4.74 Å². The van der Waals surface area contributed by atoms with Gasteiger partial charge in [0.1, 0.15) is 5.75 Å². The molecule has 0 unspecified atom stereocenters. The topological polar surface area (TPSA) is 26.3 Å². The zero-order valence-electron chi connectivity index (χ0n) is 15.7. The molecular weight excluding hydrogens is 296 g/mol. The van der Waals surface area contributed by atoms with Crippen LogP contribution in [0.25, 0.3) is 0 Å². The molecular formula is C22H34O2. The highest BCUT2D eigenvalue weighted by Crippen LogP contribution is 2.36. The molecule has 1 aliphatic rings. The van der Waals surface area contributed by atoms with Crippen molar-refractivity contribution in [3.05, 3.63) is 29.8 Å². The van der Waals surface area contributed by atoms with Gasteiger partial charge in [-0.2, -0.15) is 0 Å². The molecule has 2 nitrogen and oxygen atoms in total. The highest BCUT2D eigenvalue weighted by Gasteiger charge is 2.33. The Morgan fingerprint density at radius 2 is 1.83 bits per heavy atom. The lowest BCUT2D eigenvalue weighted by Crippen LogP contribution is -2.32. The summed E-state index contributed by atoms with van der Waals surface area (Å²) in [7, 11) is 0. The van der Waals surface area contributed by atoms with Crippen LogP contribution in [0, 0.1) is 17.8 Å². The van der Waals surface area contributed by atoms with Gasteiger partial charge in [0.2, 0.25) is 0 Å². The molecule has 0 saturated heterocycles. The number of esters is 1. The smallest absolute Gasteiger partial charge is 0.314 e. The Balaban J connectivity index is 1.83. The molecule has 1 aromatic carbocycles. The van der Waals surface area contributed by atoms with E-state index in [1.165, 1.54) is 50.5 Å². The second-order valence-corrected chi connectivity index (χ2v) is 7.57. The van der Waals surface area contributed by atoms with Gasteiger partial charge in [0.15, 0.2) is 0 Å². The van der Waals surface area contributed by atoms with Crippen molar-refractivity contribution in [2.45, 2.75) is 78.6 Å². The minimum atomic E-state index is -0.0313. The molecule has 0 heterocycles. The van der Waals surface area contributed by atoms with E-state index < -0.39 is 0 Å². The van der Waals surface area contributed by atoms with Gasteiger partial charge in [-0.05, 0) is 61.6 Å². The van der Waals surface area contributed by atoms with Gasteiger partial charge < -0.3 is 4.74 Å². The Morgan fingerprint density at radius 3 is 2.46 bits per heavy atom. The van der Waals surface area contributed by atoms with Crippen molar-refractivity contribution in [2.24, 2.45) is 17.8 Å². The predicted molar refractivity (Wildman–Crippen MR) is 100 cm³/mol. The average molecular weight is 331 g/mol. The van der Waals surface area contributed by atoms with Crippen LogP contribution in [0.2, 0.25) is 0 Å². The normalized spacial score (nSPS) is 23.9. The number of hydrogen-bond acceptors (Lipinski definition) is 2. The van der Waals surface area contributed by atoms with Crippen molar-refractivity contribution in [2.75, 3.05) is 0 Å². The van der Waals surface area contributed by atoms with E-state index >= 15 is 0 Å². The molecule has 1 fully saturated rings. The number of carbonyl (C=O) groups is 1. The second kappa shape index (κ2) is 9.86. The fraction of sp³-hybridized carbons (Fsp3) is 0.682. The van der Waals surface area contributed by atoms with Gasteiger partial charge in [-0.15, -0.1) is 0 Å². The predicted octanol–water partition coefficient (Wildman–Crippen LogP) is 6.18. The summed E-state index contributed by atoms with van der Waals surface area (Å²) >= 11 is 0. The molecule has 134 valence electrons. The summed E-state index contributed by atoms with van der Waals surface area (Å²) in [4.78, 5) is 12.5. The van der Waals surface area contributed by atoms with Crippen molar-refractivity contribution in [3.8, 4) is 5.75 Å². The van der Waals surface area contributed by atoms with Crippen LogP contribution in [-0.2, 0) is 11.2 Å². The van der Waals surface area contributed by atoms with Gasteiger partial charge in [-0.25, -0.2) is 0 Å². The first-order chi connectivity index (χ1) is 11.6. The van der Waals surface area contributed by atoms with Gasteiger partial charge in [0, 0.05) is 0 Å². The maximum atomic E-state index is 12.5. The molecule has 1 aromatic rings. The SMILES string of the molecule is CCCCCc1ccc(OC(=O)[C@@H]2CC[C@H](CCC)C[C@H]2C)cc1. The lowest BCUT2D eigenvalue weighted by molar-refractivity contribution is -0.142. The minimum Gasteiger partial charge on any atom is -0.426 e. The average Bonchev–Trinajstić information content (AvgIpc) is 2.57. The lowest BCUT2D eigenvalue weighted by Gasteiger charge is -2.32. The Labute approximate surface area is 148 Å². The quantitative estimate of drug-likeness (QED) is 0.323. The van der Waals surface area contributed by atoms with E-state index in [0.717, 1.165) is 18.8 Å². The fourth-order valence-electron chi connectivity index (χ4n) is 4.02. The zero-order valence-corrected chi connectivity index (χ0v) is 15.7. The zero-order chi connectivity index (χ0) is 17.4. The van der Waals surface area contributed by atoms with Crippen LogP contribution in [0.3, 0.4) is 0 Å². The van der Waals surface area contributed by atoms with Crippen LogP contribution in [0.15, 0.2) is 24.3 Å². The third-order valence-electron chi connectivity index (χ3n) is 5.49. The summed E-state index contributed by atoms with van der Waals surface area (Å²) in [5, 5.41) is 0. The van der Waals surface area contributed by atoms with Gasteiger partial charge in [0.25, 0.3) is 0 Å². The Morgan fingerprint density at radius 1 is 1.08 bits per heavy atom. The van der Waals surface area contributed by atoms with Gasteiger partial charge in [-0.1, -0.05) is 58.6 Å². The molecule has 24 heavy (non-hydrogen) atoms. The Kier molecular flexibility index (Phi) is 7.81. The molecule has 0 radical (unpaired) electrons. The van der Waals surface area contributed by atoms with E-state index in [0.29, 0.717) is 11.7 Å². The molecule has 2 rings (SSSR count). The summed E-state index contributed by atoms with van der Waals surface area (Å²) in [6.45, 7) is 6.68. The van der Waals surface area contributed by atoms with Gasteiger partial charge >= 0.3 is 5.97 Å². The van der Waals surface area contributed by atoms with Crippen LogP contribution in [0.1, 0.15) is 77.7 Å². The molecule has 0 aliphatic heterocycles. The van der Waals surface area contributed by atoms with Crippen molar-refractivity contribution in [3.63, 3.8) is 0 Å². The van der Waals surface area contributed by atoms with Crippen molar-refractivity contribution in [1.82, 2.24) is 0 Å². The third-order valence-corrected chi connectivity index (χ3v) is 5.49. The first kappa shape index (κ1) is 19.0. The number of ether oxygens (including phenoxy) is 1. The van der Waals surface area contributed by atoms with E-state index in [2.05, 4.69) is 32.9 Å². The molecule has 1 saturated carbocycles. The molecule has 0 N–H and O–H groups in total. The first-order valence-corrected chi connectivity index (χ1v) is 9.94. The fourth-order valence-corrected chi connectivity index (χ4v) is 4.02. The summed E-state index contributed by atoms with van der Waals surface area (Å²) < 4.78 is 5.66. The highest BCUT2D eigenvalue weighted by atomic mass is 16.5. The summed E-state index contributed by atoms with van der Waals surface area (Å²) in [5.74, 6) is 1.98. The third kappa shape index (κ3) is 5.65. The molecule has 0 amide bonds. The molecule has 0 bridgehead atoms. The Bertz CT molecular complexity index is 491. The molecule has 0 spiro atoms. The number of hydrogen-bond donors (Lipinski definition) is 0. The molecule has 3 atom stereocenters. The molecule has 1 aliphatic carbocycles. The van der Waals surface area contributed by atoms with E-state index in [9.17, 15) is 4.79 Å². The second-order valence-electron chi connectivity index (χ2n) is 7.57. The van der Waals surface area contributed by atoms with Crippen LogP contribution in [0.4, 0.5) is 0 Å². The van der Waals surface area contributed by atoms with Crippen molar-refractivity contribution < 1.29 is 9.53 Å². The van der Waals surface area contributed by atoms with Crippen molar-refractivity contribution >= 4 is 5.97 Å². The molecule has 2 heteroatoms. The minimum absolute atomic E-state index is 0.0313. The number of unbranched alkanes of at least 4 members (excludes halogenated alkanes) is 2. The molecule has 0 aromatic heterocycles. The van der Waals surface area contributed by atoms with Gasteiger partial charge in [-0.3, -0.25) is 4.79 Å². The first-order valence-electron chi connectivity index (χ1n) is 9.94. The number of carbonyl (C=O) groups excluding carboxylic acids is 1. The summed E-state index contributed by atoms with van der Waals surface area (Å²) in [5.41, 5.74) is 1.33. The van der Waals surface area contributed by atoms with Crippen molar-refractivity contribution in [1.29, 1.82) is 0 Å². The maximum Gasteiger partial charge on any atom is 0.314 e. The van der Waals surface area contributed by atoms with E-state index in [1.54, 1.807) is 0 Å². The van der Waals surface area contributed by atoms with Crippen LogP contribution < -0.4 is 4.74 Å². The van der Waals surface area contributed by atoms with Crippen LogP contribution >= 0.6 is 0 Å². The monoisotopic (exact) mass is 330 g/mol. The van der Waals surface area contributed by atoms with Crippen LogP contribution in [-0.4, -0.2) is 5.97 Å². The summed E-state index contributed by atoms with van der Waals surface area (Å²) in [6.07, 6.45) is 10.7. The number of rotatable bonds is 8. The number of aryl methyl sites for hydroxylation is 1. The van der Waals surface area contributed by atoms with E-state index in [-0.39, 0.29) is 11.9 Å². The lowest BCUT2D eigenvalue weighted by atomic mass is 9.73.